The molecule has 1 atom stereocenters. The van der Waals surface area contributed by atoms with Gasteiger partial charge in [-0.25, -0.2) is 0 Å². The smallest absolute Gasteiger partial charge is 0.245 e. The average molecular weight is 245 g/mol. The third-order valence-corrected chi connectivity index (χ3v) is 3.83. The van der Waals surface area contributed by atoms with Gasteiger partial charge in [-0.15, -0.1) is 0 Å². The first-order valence-corrected chi connectivity index (χ1v) is 6.58. The van der Waals surface area contributed by atoms with E-state index in [0.717, 1.165) is 38.4 Å². The van der Waals surface area contributed by atoms with E-state index in [1.165, 1.54) is 5.56 Å². The zero-order chi connectivity index (χ0) is 12.5. The molecule has 18 heavy (non-hydrogen) atoms. The van der Waals surface area contributed by atoms with Crippen LogP contribution < -0.4 is 10.2 Å². The number of piperazine rings is 2. The molecule has 1 N–H and O–H groups in total. The SMILES string of the molecule is Cc1cccc(N2CCN3CCNCC3C2=O)c1. The highest BCUT2D eigenvalue weighted by atomic mass is 16.2. The maximum atomic E-state index is 12.5. The lowest BCUT2D eigenvalue weighted by atomic mass is 10.1. The number of benzene rings is 1. The lowest BCUT2D eigenvalue weighted by molar-refractivity contribution is -0.126. The van der Waals surface area contributed by atoms with E-state index in [9.17, 15) is 4.79 Å². The molecule has 1 unspecified atom stereocenters. The Hall–Kier alpha value is -1.39. The fourth-order valence-electron chi connectivity index (χ4n) is 2.83. The Kier molecular flexibility index (Phi) is 3.06. The van der Waals surface area contributed by atoms with Crippen molar-refractivity contribution in [2.45, 2.75) is 13.0 Å². The van der Waals surface area contributed by atoms with Gasteiger partial charge in [0.2, 0.25) is 5.91 Å². The number of hydrogen-bond donors (Lipinski definition) is 1. The van der Waals surface area contributed by atoms with Crippen molar-refractivity contribution in [3.8, 4) is 0 Å². The van der Waals surface area contributed by atoms with Crippen molar-refractivity contribution in [3.63, 3.8) is 0 Å². The molecule has 0 spiro atoms. The number of rotatable bonds is 1. The summed E-state index contributed by atoms with van der Waals surface area (Å²) in [6, 6.07) is 8.21. The molecule has 0 aliphatic carbocycles. The standard InChI is InChI=1S/C14H19N3O/c1-11-3-2-4-12(9-11)17-8-7-16-6-5-15-10-13(16)14(17)18/h2-4,9,13,15H,5-8,10H2,1H3. The number of nitrogens with zero attached hydrogens (tertiary/aromatic N) is 2. The third-order valence-electron chi connectivity index (χ3n) is 3.83. The van der Waals surface area contributed by atoms with Crippen molar-refractivity contribution in [1.82, 2.24) is 10.2 Å². The summed E-state index contributed by atoms with van der Waals surface area (Å²) in [6.07, 6.45) is 0. The molecule has 0 saturated carbocycles. The van der Waals surface area contributed by atoms with Gasteiger partial charge in [0, 0.05) is 38.4 Å². The first-order valence-electron chi connectivity index (χ1n) is 6.58. The molecule has 1 aromatic rings. The molecule has 2 fully saturated rings. The molecule has 4 nitrogen and oxygen atoms in total. The lowest BCUT2D eigenvalue weighted by Crippen LogP contribution is -2.64. The molecule has 4 heteroatoms. The Morgan fingerprint density at radius 1 is 1.28 bits per heavy atom. The van der Waals surface area contributed by atoms with Crippen molar-refractivity contribution >= 4 is 11.6 Å². The van der Waals surface area contributed by atoms with Crippen LogP contribution in [0.4, 0.5) is 5.69 Å². The number of amides is 1. The Morgan fingerprint density at radius 3 is 3.00 bits per heavy atom. The highest BCUT2D eigenvalue weighted by Crippen LogP contribution is 2.21. The van der Waals surface area contributed by atoms with Crippen LogP contribution in [-0.4, -0.2) is 49.6 Å². The van der Waals surface area contributed by atoms with Crippen LogP contribution in [0.2, 0.25) is 0 Å². The molecule has 2 aliphatic rings. The number of carbonyl (C=O) groups is 1. The predicted molar refractivity (Wildman–Crippen MR) is 71.8 cm³/mol. The highest BCUT2D eigenvalue weighted by molar-refractivity contribution is 5.98. The molecule has 1 aromatic carbocycles. The van der Waals surface area contributed by atoms with Crippen LogP contribution >= 0.6 is 0 Å². The van der Waals surface area contributed by atoms with Crippen LogP contribution in [-0.2, 0) is 4.79 Å². The average Bonchev–Trinajstić information content (AvgIpc) is 2.39. The number of carbonyl (C=O) groups excluding carboxylic acids is 1. The molecule has 0 bridgehead atoms. The van der Waals surface area contributed by atoms with E-state index in [2.05, 4.69) is 29.3 Å². The largest absolute Gasteiger partial charge is 0.313 e. The molecule has 0 radical (unpaired) electrons. The van der Waals surface area contributed by atoms with Gasteiger partial charge in [0.25, 0.3) is 0 Å². The number of anilines is 1. The van der Waals surface area contributed by atoms with Crippen molar-refractivity contribution < 1.29 is 4.79 Å². The van der Waals surface area contributed by atoms with Crippen LogP contribution in [0.3, 0.4) is 0 Å². The Labute approximate surface area is 108 Å². The molecule has 2 aliphatic heterocycles. The Balaban J connectivity index is 1.84. The minimum atomic E-state index is 0.0213. The quantitative estimate of drug-likeness (QED) is 0.787. The summed E-state index contributed by atoms with van der Waals surface area (Å²) in [5, 5.41) is 3.31. The van der Waals surface area contributed by atoms with Crippen LogP contribution in [0.1, 0.15) is 5.56 Å². The maximum absolute atomic E-state index is 12.5. The molecular formula is C14H19N3O. The first kappa shape index (κ1) is 11.7. The Morgan fingerprint density at radius 2 is 2.17 bits per heavy atom. The van der Waals surface area contributed by atoms with Crippen molar-refractivity contribution in [1.29, 1.82) is 0 Å². The van der Waals surface area contributed by atoms with Crippen LogP contribution in [0.15, 0.2) is 24.3 Å². The van der Waals surface area contributed by atoms with Gasteiger partial charge in [0.15, 0.2) is 0 Å². The monoisotopic (exact) mass is 245 g/mol. The van der Waals surface area contributed by atoms with Crippen LogP contribution in [0.5, 0.6) is 0 Å². The molecule has 0 aromatic heterocycles. The molecule has 2 heterocycles. The summed E-state index contributed by atoms with van der Waals surface area (Å²) in [6.45, 7) is 6.60. The fourth-order valence-corrected chi connectivity index (χ4v) is 2.83. The van der Waals surface area contributed by atoms with Gasteiger partial charge in [-0.05, 0) is 24.6 Å². The van der Waals surface area contributed by atoms with E-state index < -0.39 is 0 Å². The molecule has 96 valence electrons. The van der Waals surface area contributed by atoms with Crippen LogP contribution in [0, 0.1) is 6.92 Å². The summed E-state index contributed by atoms with van der Waals surface area (Å²) >= 11 is 0. The zero-order valence-corrected chi connectivity index (χ0v) is 10.7. The second kappa shape index (κ2) is 4.71. The molecule has 1 amide bonds. The first-order chi connectivity index (χ1) is 8.75. The van der Waals surface area contributed by atoms with E-state index in [-0.39, 0.29) is 11.9 Å². The fraction of sp³-hybridized carbons (Fsp3) is 0.500. The van der Waals surface area contributed by atoms with Gasteiger partial charge < -0.3 is 10.2 Å². The van der Waals surface area contributed by atoms with E-state index in [1.54, 1.807) is 0 Å². The van der Waals surface area contributed by atoms with Gasteiger partial charge in [-0.2, -0.15) is 0 Å². The van der Waals surface area contributed by atoms with Gasteiger partial charge in [-0.3, -0.25) is 9.69 Å². The van der Waals surface area contributed by atoms with E-state index >= 15 is 0 Å². The topological polar surface area (TPSA) is 35.6 Å². The van der Waals surface area contributed by atoms with Crippen molar-refractivity contribution in [3.05, 3.63) is 29.8 Å². The van der Waals surface area contributed by atoms with Crippen molar-refractivity contribution in [2.24, 2.45) is 0 Å². The van der Waals surface area contributed by atoms with Gasteiger partial charge >= 0.3 is 0 Å². The van der Waals surface area contributed by atoms with Crippen LogP contribution in [0.25, 0.3) is 0 Å². The molecular weight excluding hydrogens is 226 g/mol. The highest BCUT2D eigenvalue weighted by Gasteiger charge is 2.36. The predicted octanol–water partition coefficient (Wildman–Crippen LogP) is 0.615. The summed E-state index contributed by atoms with van der Waals surface area (Å²) < 4.78 is 0. The lowest BCUT2D eigenvalue weighted by Gasteiger charge is -2.43. The second-order valence-electron chi connectivity index (χ2n) is 5.08. The third kappa shape index (κ3) is 2.02. The number of aryl methyl sites for hydroxylation is 1. The minimum Gasteiger partial charge on any atom is -0.313 e. The van der Waals surface area contributed by atoms with E-state index in [0.29, 0.717) is 0 Å². The second-order valence-corrected chi connectivity index (χ2v) is 5.08. The number of nitrogens with one attached hydrogen (secondary N) is 1. The normalized spacial score (nSPS) is 25.1. The van der Waals surface area contributed by atoms with Gasteiger partial charge in [0.1, 0.15) is 6.04 Å². The molecule has 2 saturated heterocycles. The molecule has 3 rings (SSSR count). The van der Waals surface area contributed by atoms with E-state index in [1.807, 2.05) is 17.0 Å². The van der Waals surface area contributed by atoms with Crippen molar-refractivity contribution in [2.75, 3.05) is 37.6 Å². The minimum absolute atomic E-state index is 0.0213. The number of hydrogen-bond acceptors (Lipinski definition) is 3. The van der Waals surface area contributed by atoms with Gasteiger partial charge in [-0.1, -0.05) is 12.1 Å². The summed E-state index contributed by atoms with van der Waals surface area (Å²) in [5.74, 6) is 0.235. The Bertz CT molecular complexity index is 460. The summed E-state index contributed by atoms with van der Waals surface area (Å²) in [7, 11) is 0. The zero-order valence-electron chi connectivity index (χ0n) is 10.7. The summed E-state index contributed by atoms with van der Waals surface area (Å²) in [5.41, 5.74) is 2.23. The number of fused-ring (bicyclic) bond motifs is 1. The maximum Gasteiger partial charge on any atom is 0.245 e. The summed E-state index contributed by atoms with van der Waals surface area (Å²) in [4.78, 5) is 16.7. The van der Waals surface area contributed by atoms with E-state index in [4.69, 9.17) is 0 Å². The van der Waals surface area contributed by atoms with Gasteiger partial charge in [0.05, 0.1) is 0 Å².